The topological polar surface area (TPSA) is 256 Å². The molecular formula is C19H28N8O10. The lowest BCUT2D eigenvalue weighted by molar-refractivity contribution is -0.142. The summed E-state index contributed by atoms with van der Waals surface area (Å²) in [5.41, 5.74) is 3.69. The van der Waals surface area contributed by atoms with Crippen molar-refractivity contribution in [3.63, 3.8) is 0 Å². The number of hydrogen-bond acceptors (Lipinski definition) is 12. The molecule has 18 heteroatoms. The predicted molar refractivity (Wildman–Crippen MR) is 120 cm³/mol. The number of aromatic nitrogens is 3. The van der Waals surface area contributed by atoms with Gasteiger partial charge in [-0.15, -0.1) is 5.10 Å². The number of carboxylic acids is 3. The average molecular weight is 528 g/mol. The van der Waals surface area contributed by atoms with Crippen LogP contribution in [0.15, 0.2) is 0 Å². The molecule has 0 bridgehead atoms. The number of H-pyrrole nitrogens is 1. The minimum absolute atomic E-state index is 0.0122. The third-order valence-corrected chi connectivity index (χ3v) is 4.67. The van der Waals surface area contributed by atoms with Crippen molar-refractivity contribution in [2.24, 2.45) is 0 Å². The zero-order valence-corrected chi connectivity index (χ0v) is 19.9. The molecule has 0 atom stereocenters. The van der Waals surface area contributed by atoms with Gasteiger partial charge in [-0.05, 0) is 0 Å². The van der Waals surface area contributed by atoms with E-state index < -0.39 is 55.1 Å². The van der Waals surface area contributed by atoms with E-state index in [0.29, 0.717) is 6.29 Å². The van der Waals surface area contributed by atoms with Crippen molar-refractivity contribution in [1.29, 1.82) is 0 Å². The molecule has 0 saturated heterocycles. The number of nitrogens with one attached hydrogen (secondary N) is 3. The van der Waals surface area contributed by atoms with Crippen LogP contribution in [0.25, 0.3) is 0 Å². The second kappa shape index (κ2) is 15.7. The summed E-state index contributed by atoms with van der Waals surface area (Å²) in [5, 5.41) is 36.1. The minimum atomic E-state index is -1.26. The fourth-order valence-electron chi connectivity index (χ4n) is 3.02. The van der Waals surface area contributed by atoms with Crippen LogP contribution >= 0.6 is 0 Å². The Morgan fingerprint density at radius 1 is 0.811 bits per heavy atom. The molecule has 37 heavy (non-hydrogen) atoms. The first kappa shape index (κ1) is 30.7. The highest BCUT2D eigenvalue weighted by atomic mass is 16.4. The molecule has 2 amide bonds. The quantitative estimate of drug-likeness (QED) is 0.0605. The maximum Gasteiger partial charge on any atom is 0.317 e. The Labute approximate surface area is 209 Å². The average Bonchev–Trinajstić information content (AvgIpc) is 3.28. The number of aldehydes is 1. The summed E-state index contributed by atoms with van der Waals surface area (Å²) in [5.74, 6) is -5.88. The van der Waals surface area contributed by atoms with Crippen molar-refractivity contribution >= 4 is 41.8 Å². The molecule has 0 aromatic carbocycles. The zero-order chi connectivity index (χ0) is 28.0. The van der Waals surface area contributed by atoms with E-state index >= 15 is 0 Å². The van der Waals surface area contributed by atoms with Gasteiger partial charge in [0.1, 0.15) is 12.0 Å². The lowest BCUT2D eigenvalue weighted by Gasteiger charge is -2.27. The molecule has 0 fully saturated rings. The molecule has 0 aliphatic carbocycles. The van der Waals surface area contributed by atoms with Crippen LogP contribution in [0.5, 0.6) is 0 Å². The van der Waals surface area contributed by atoms with Crippen molar-refractivity contribution in [3.05, 3.63) is 11.4 Å². The number of carbonyl (C=O) groups is 7. The number of carboxylic acid groups (broad SMARTS) is 3. The first-order valence-electron chi connectivity index (χ1n) is 10.7. The van der Waals surface area contributed by atoms with Crippen molar-refractivity contribution in [2.45, 2.75) is 6.92 Å². The van der Waals surface area contributed by atoms with Crippen LogP contribution in [0.2, 0.25) is 0 Å². The highest BCUT2D eigenvalue weighted by Crippen LogP contribution is 2.01. The second-order valence-electron chi connectivity index (χ2n) is 7.66. The molecule has 1 heterocycles. The Bertz CT molecular complexity index is 981. The van der Waals surface area contributed by atoms with Crippen LogP contribution in [0.1, 0.15) is 27.9 Å². The number of nitrogens with zero attached hydrogens (tertiary/aromatic N) is 5. The molecule has 1 aromatic heterocycles. The largest absolute Gasteiger partial charge is 0.480 e. The van der Waals surface area contributed by atoms with Crippen LogP contribution in [0, 0.1) is 0 Å². The zero-order valence-electron chi connectivity index (χ0n) is 19.9. The van der Waals surface area contributed by atoms with Gasteiger partial charge in [0, 0.05) is 33.1 Å². The third kappa shape index (κ3) is 12.3. The van der Waals surface area contributed by atoms with Crippen molar-refractivity contribution in [1.82, 2.24) is 41.0 Å². The number of aliphatic carboxylic acids is 3. The Morgan fingerprint density at radius 2 is 1.32 bits per heavy atom. The van der Waals surface area contributed by atoms with Gasteiger partial charge in [-0.25, -0.2) is 0 Å². The minimum Gasteiger partial charge on any atom is -0.480 e. The number of rotatable bonds is 18. The smallest absolute Gasteiger partial charge is 0.317 e. The van der Waals surface area contributed by atoms with Gasteiger partial charge in [-0.2, -0.15) is 0 Å². The number of amides is 2. The van der Waals surface area contributed by atoms with E-state index in [1.54, 1.807) is 0 Å². The molecule has 204 valence electrons. The molecule has 6 N–H and O–H groups in total. The predicted octanol–water partition coefficient (Wildman–Crippen LogP) is -3.87. The summed E-state index contributed by atoms with van der Waals surface area (Å²) in [7, 11) is 0. The first-order chi connectivity index (χ1) is 17.4. The molecule has 0 saturated carbocycles. The Kier molecular flexibility index (Phi) is 13.0. The fraction of sp³-hybridized carbons (Fsp3) is 0.526. The maximum atomic E-state index is 12.5. The number of hydrazine groups is 1. The Morgan fingerprint density at radius 3 is 1.84 bits per heavy atom. The van der Waals surface area contributed by atoms with Gasteiger partial charge >= 0.3 is 17.9 Å². The molecule has 18 nitrogen and oxygen atoms in total. The van der Waals surface area contributed by atoms with E-state index in [4.69, 9.17) is 15.3 Å². The molecule has 0 spiro atoms. The van der Waals surface area contributed by atoms with Crippen LogP contribution in [0.4, 0.5) is 0 Å². The van der Waals surface area contributed by atoms with Crippen molar-refractivity contribution in [3.8, 4) is 0 Å². The van der Waals surface area contributed by atoms with E-state index in [2.05, 4.69) is 26.3 Å². The second-order valence-corrected chi connectivity index (χ2v) is 7.66. The summed E-state index contributed by atoms with van der Waals surface area (Å²) in [6, 6.07) is 0. The lowest BCUT2D eigenvalue weighted by Crippen LogP contribution is -2.50. The van der Waals surface area contributed by atoms with Crippen molar-refractivity contribution in [2.75, 3.05) is 58.9 Å². The standard InChI is InChI=1S/C19H28N8O10/c1-12(29)17-18(22-24-21-17)19(37)23-20-13(30)8-25(2-3-26(6-7-28)9-14(31)32)4-5-27(10-15(33)34)11-16(35)36/h7H,2-6,8-11H2,1H3,(H,20,30)(H,23,37)(H,31,32)(H,33,34)(H,35,36)(H,21,22,24). The number of ketones is 1. The molecule has 1 aromatic rings. The third-order valence-electron chi connectivity index (χ3n) is 4.67. The van der Waals surface area contributed by atoms with E-state index in [9.17, 15) is 33.6 Å². The Balaban J connectivity index is 2.85. The van der Waals surface area contributed by atoms with E-state index in [0.717, 1.165) is 4.90 Å². The Hall–Kier alpha value is -4.29. The number of Topliss-reactive ketones (excluding diaryl/α,β-unsaturated/α-hetero) is 1. The van der Waals surface area contributed by atoms with Gasteiger partial charge in [0.15, 0.2) is 11.5 Å². The first-order valence-corrected chi connectivity index (χ1v) is 10.7. The summed E-state index contributed by atoms with van der Waals surface area (Å²) < 4.78 is 0. The molecule has 0 aliphatic heterocycles. The van der Waals surface area contributed by atoms with Gasteiger partial charge in [0.25, 0.3) is 11.8 Å². The summed E-state index contributed by atoms with van der Waals surface area (Å²) in [6.07, 6.45) is 0.510. The highest BCUT2D eigenvalue weighted by molar-refractivity contribution is 6.04. The van der Waals surface area contributed by atoms with E-state index in [1.807, 2.05) is 0 Å². The van der Waals surface area contributed by atoms with Crippen LogP contribution in [0.3, 0.4) is 0 Å². The molecule has 0 unspecified atom stereocenters. The van der Waals surface area contributed by atoms with Gasteiger partial charge in [0.2, 0.25) is 0 Å². The van der Waals surface area contributed by atoms with Crippen LogP contribution < -0.4 is 10.9 Å². The summed E-state index contributed by atoms with van der Waals surface area (Å²) >= 11 is 0. The van der Waals surface area contributed by atoms with Crippen molar-refractivity contribution < 1.29 is 48.9 Å². The molecular weight excluding hydrogens is 500 g/mol. The molecule has 0 aliphatic rings. The normalized spacial score (nSPS) is 10.9. The maximum absolute atomic E-state index is 12.5. The molecule has 1 rings (SSSR count). The SMILES string of the molecule is CC(=O)c1[nH]nnc1C(=O)NNC(=O)CN(CCN(CC=O)CC(=O)O)CCN(CC(=O)O)CC(=O)O. The number of carbonyl (C=O) groups excluding carboxylic acids is 4. The van der Waals surface area contributed by atoms with E-state index in [-0.39, 0.29) is 50.7 Å². The fourth-order valence-corrected chi connectivity index (χ4v) is 3.02. The van der Waals surface area contributed by atoms with E-state index in [1.165, 1.54) is 16.7 Å². The lowest BCUT2D eigenvalue weighted by atomic mass is 10.2. The van der Waals surface area contributed by atoms with Gasteiger partial charge in [-0.3, -0.25) is 59.4 Å². The number of hydrogen-bond donors (Lipinski definition) is 6. The summed E-state index contributed by atoms with van der Waals surface area (Å²) in [4.78, 5) is 83.9. The van der Waals surface area contributed by atoms with Crippen LogP contribution in [-0.2, 0) is 24.0 Å². The van der Waals surface area contributed by atoms with Crippen LogP contribution in [-0.4, -0.2) is 146 Å². The summed E-state index contributed by atoms with van der Waals surface area (Å²) in [6.45, 7) is -1.01. The van der Waals surface area contributed by atoms with Gasteiger partial charge in [-0.1, -0.05) is 5.21 Å². The molecule has 0 radical (unpaired) electrons. The monoisotopic (exact) mass is 528 g/mol. The number of aromatic amines is 1. The highest BCUT2D eigenvalue weighted by Gasteiger charge is 2.21. The van der Waals surface area contributed by atoms with Gasteiger partial charge in [0.05, 0.1) is 32.7 Å². The van der Waals surface area contributed by atoms with Gasteiger partial charge < -0.3 is 20.1 Å².